The minimum absolute atomic E-state index is 0.0964. The van der Waals surface area contributed by atoms with Crippen LogP contribution in [0, 0.1) is 0 Å². The predicted molar refractivity (Wildman–Crippen MR) is 76.4 cm³/mol. The normalized spacial score (nSPS) is 20.0. The van der Waals surface area contributed by atoms with Crippen LogP contribution in [0.5, 0.6) is 5.75 Å². The molecule has 0 amide bonds. The molecule has 0 saturated carbocycles. The van der Waals surface area contributed by atoms with E-state index in [9.17, 15) is 4.79 Å². The second-order valence-electron chi connectivity index (χ2n) is 4.84. The smallest absolute Gasteiger partial charge is 0.330 e. The first-order chi connectivity index (χ1) is 9.69. The molecule has 0 aliphatic carbocycles. The van der Waals surface area contributed by atoms with Crippen LogP contribution in [0.3, 0.4) is 0 Å². The zero-order chi connectivity index (χ0) is 14.4. The van der Waals surface area contributed by atoms with Crippen molar-refractivity contribution in [2.24, 2.45) is 0 Å². The van der Waals surface area contributed by atoms with E-state index < -0.39 is 0 Å². The van der Waals surface area contributed by atoms with Crippen molar-refractivity contribution in [2.75, 3.05) is 13.7 Å². The second-order valence-corrected chi connectivity index (χ2v) is 4.84. The van der Waals surface area contributed by atoms with E-state index >= 15 is 0 Å². The van der Waals surface area contributed by atoms with Crippen molar-refractivity contribution in [3.8, 4) is 5.75 Å². The molecule has 1 unspecified atom stereocenters. The van der Waals surface area contributed by atoms with E-state index in [-0.39, 0.29) is 12.1 Å². The third-order valence-electron chi connectivity index (χ3n) is 3.33. The summed E-state index contributed by atoms with van der Waals surface area (Å²) in [6.07, 6.45) is 8.80. The quantitative estimate of drug-likeness (QED) is 0.656. The number of aromatic nitrogens is 1. The molecule has 0 bridgehead atoms. The lowest BCUT2D eigenvalue weighted by Gasteiger charge is -2.21. The molecule has 5 nitrogen and oxygen atoms in total. The standard InChI is InChI=1S/C15H20N2O3/c1-11(14-4-3-7-17-14)20-13-8-12(9-16-10-13)5-6-15(18)19-2/h5-6,8-11,14,17H,3-4,7H2,1-2H3/t11?,14-/m0/s1. The summed E-state index contributed by atoms with van der Waals surface area (Å²) in [7, 11) is 1.35. The Hall–Kier alpha value is -1.88. The van der Waals surface area contributed by atoms with Gasteiger partial charge in [0, 0.05) is 18.3 Å². The second kappa shape index (κ2) is 7.05. The highest BCUT2D eigenvalue weighted by Crippen LogP contribution is 2.18. The molecule has 20 heavy (non-hydrogen) atoms. The van der Waals surface area contributed by atoms with Crippen molar-refractivity contribution in [2.45, 2.75) is 31.9 Å². The highest BCUT2D eigenvalue weighted by Gasteiger charge is 2.22. The van der Waals surface area contributed by atoms with Gasteiger partial charge in [-0.2, -0.15) is 0 Å². The summed E-state index contributed by atoms with van der Waals surface area (Å²) in [4.78, 5) is 15.2. The fraction of sp³-hybridized carbons (Fsp3) is 0.467. The molecule has 2 atom stereocenters. The molecular weight excluding hydrogens is 256 g/mol. The highest BCUT2D eigenvalue weighted by molar-refractivity contribution is 5.86. The van der Waals surface area contributed by atoms with Crippen LogP contribution in [-0.4, -0.2) is 36.8 Å². The molecule has 1 aliphatic heterocycles. The van der Waals surface area contributed by atoms with Crippen LogP contribution in [0.2, 0.25) is 0 Å². The van der Waals surface area contributed by atoms with Gasteiger partial charge in [-0.15, -0.1) is 0 Å². The number of ether oxygens (including phenoxy) is 2. The van der Waals surface area contributed by atoms with Crippen LogP contribution in [0.4, 0.5) is 0 Å². The summed E-state index contributed by atoms with van der Waals surface area (Å²) in [5, 5.41) is 3.42. The summed E-state index contributed by atoms with van der Waals surface area (Å²) in [5.41, 5.74) is 0.805. The van der Waals surface area contributed by atoms with Crippen molar-refractivity contribution >= 4 is 12.0 Å². The molecule has 1 aliphatic rings. The van der Waals surface area contributed by atoms with Gasteiger partial charge in [0.2, 0.25) is 0 Å². The van der Waals surface area contributed by atoms with E-state index in [1.54, 1.807) is 18.5 Å². The molecule has 1 aromatic rings. The van der Waals surface area contributed by atoms with Gasteiger partial charge in [-0.1, -0.05) is 0 Å². The maximum atomic E-state index is 11.1. The fourth-order valence-corrected chi connectivity index (χ4v) is 2.23. The molecule has 2 rings (SSSR count). The van der Waals surface area contributed by atoms with Crippen LogP contribution in [-0.2, 0) is 9.53 Å². The summed E-state index contributed by atoms with van der Waals surface area (Å²) in [6.45, 7) is 3.11. The molecule has 1 saturated heterocycles. The first-order valence-electron chi connectivity index (χ1n) is 6.80. The molecule has 0 radical (unpaired) electrons. The first-order valence-corrected chi connectivity index (χ1v) is 6.80. The van der Waals surface area contributed by atoms with Crippen molar-refractivity contribution in [1.82, 2.24) is 10.3 Å². The van der Waals surface area contributed by atoms with E-state index in [1.165, 1.54) is 19.6 Å². The lowest BCUT2D eigenvalue weighted by atomic mass is 10.1. The number of rotatable bonds is 5. The first kappa shape index (κ1) is 14.5. The van der Waals surface area contributed by atoms with Gasteiger partial charge < -0.3 is 14.8 Å². The summed E-state index contributed by atoms with van der Waals surface area (Å²) in [5.74, 6) is 0.318. The molecule has 1 fully saturated rings. The molecule has 1 aromatic heterocycles. The van der Waals surface area contributed by atoms with Crippen molar-refractivity contribution in [3.05, 3.63) is 30.1 Å². The van der Waals surface area contributed by atoms with Crippen LogP contribution in [0.1, 0.15) is 25.3 Å². The fourth-order valence-electron chi connectivity index (χ4n) is 2.23. The predicted octanol–water partition coefficient (Wildman–Crippen LogP) is 1.79. The number of nitrogens with zero attached hydrogens (tertiary/aromatic N) is 1. The number of carbonyl (C=O) groups excluding carboxylic acids is 1. The van der Waals surface area contributed by atoms with Crippen LogP contribution in [0.15, 0.2) is 24.5 Å². The average molecular weight is 276 g/mol. The Morgan fingerprint density at radius 3 is 3.10 bits per heavy atom. The zero-order valence-corrected chi connectivity index (χ0v) is 11.8. The van der Waals surface area contributed by atoms with Crippen LogP contribution < -0.4 is 10.1 Å². The number of carbonyl (C=O) groups is 1. The number of methoxy groups -OCH3 is 1. The van der Waals surface area contributed by atoms with E-state index in [4.69, 9.17) is 4.74 Å². The number of pyridine rings is 1. The SMILES string of the molecule is COC(=O)C=Cc1cncc(OC(C)[C@@H]2CCCN2)c1. The number of esters is 1. The third kappa shape index (κ3) is 4.06. The van der Waals surface area contributed by atoms with Crippen molar-refractivity contribution < 1.29 is 14.3 Å². The van der Waals surface area contributed by atoms with E-state index in [2.05, 4.69) is 22.0 Å². The Bertz CT molecular complexity index is 482. The van der Waals surface area contributed by atoms with Crippen LogP contribution >= 0.6 is 0 Å². The molecule has 108 valence electrons. The molecule has 0 aromatic carbocycles. The van der Waals surface area contributed by atoms with Gasteiger partial charge in [-0.3, -0.25) is 4.98 Å². The van der Waals surface area contributed by atoms with Crippen LogP contribution in [0.25, 0.3) is 6.08 Å². The molecule has 0 spiro atoms. The van der Waals surface area contributed by atoms with Crippen molar-refractivity contribution in [1.29, 1.82) is 0 Å². The number of hydrogen-bond acceptors (Lipinski definition) is 5. The maximum absolute atomic E-state index is 11.1. The van der Waals surface area contributed by atoms with E-state index in [0.717, 1.165) is 18.5 Å². The topological polar surface area (TPSA) is 60.5 Å². The lowest BCUT2D eigenvalue weighted by molar-refractivity contribution is -0.134. The Labute approximate surface area is 119 Å². The number of nitrogens with one attached hydrogen (secondary N) is 1. The molecule has 1 N–H and O–H groups in total. The van der Waals surface area contributed by atoms with Gasteiger partial charge in [-0.05, 0) is 44.0 Å². The van der Waals surface area contributed by atoms with E-state index in [0.29, 0.717) is 11.8 Å². The summed E-state index contributed by atoms with van der Waals surface area (Å²) < 4.78 is 10.4. The molecule has 2 heterocycles. The summed E-state index contributed by atoms with van der Waals surface area (Å²) in [6, 6.07) is 2.25. The summed E-state index contributed by atoms with van der Waals surface area (Å²) >= 11 is 0. The molecular formula is C15H20N2O3. The monoisotopic (exact) mass is 276 g/mol. The number of hydrogen-bond donors (Lipinski definition) is 1. The zero-order valence-electron chi connectivity index (χ0n) is 11.8. The van der Waals surface area contributed by atoms with Gasteiger partial charge >= 0.3 is 5.97 Å². The van der Waals surface area contributed by atoms with E-state index in [1.807, 2.05) is 6.07 Å². The van der Waals surface area contributed by atoms with Gasteiger partial charge in [0.25, 0.3) is 0 Å². The lowest BCUT2D eigenvalue weighted by Crippen LogP contribution is -2.36. The Morgan fingerprint density at radius 1 is 1.55 bits per heavy atom. The minimum Gasteiger partial charge on any atom is -0.487 e. The largest absolute Gasteiger partial charge is 0.487 e. The van der Waals surface area contributed by atoms with Gasteiger partial charge in [0.1, 0.15) is 11.9 Å². The Morgan fingerprint density at radius 2 is 2.40 bits per heavy atom. The van der Waals surface area contributed by atoms with Gasteiger partial charge in [0.15, 0.2) is 0 Å². The van der Waals surface area contributed by atoms with Gasteiger partial charge in [0.05, 0.1) is 13.3 Å². The Kier molecular flexibility index (Phi) is 5.12. The maximum Gasteiger partial charge on any atom is 0.330 e. The average Bonchev–Trinajstić information content (AvgIpc) is 2.99. The molecule has 5 heteroatoms. The third-order valence-corrected chi connectivity index (χ3v) is 3.33. The van der Waals surface area contributed by atoms with Gasteiger partial charge in [-0.25, -0.2) is 4.79 Å². The van der Waals surface area contributed by atoms with Crippen molar-refractivity contribution in [3.63, 3.8) is 0 Å². The minimum atomic E-state index is -0.389. The highest BCUT2D eigenvalue weighted by atomic mass is 16.5. The Balaban J connectivity index is 1.98.